The molecule has 0 atom stereocenters. The molecule has 1 aromatic carbocycles. The van der Waals surface area contributed by atoms with Crippen LogP contribution in [0.25, 0.3) is 0 Å². The Balaban J connectivity index is 2.34. The second-order valence-electron chi connectivity index (χ2n) is 5.64. The van der Waals surface area contributed by atoms with Crippen molar-refractivity contribution >= 4 is 23.5 Å². The number of anilines is 1. The summed E-state index contributed by atoms with van der Waals surface area (Å²) in [6.45, 7) is 7.06. The summed E-state index contributed by atoms with van der Waals surface area (Å²) < 4.78 is 5.02. The van der Waals surface area contributed by atoms with E-state index in [0.717, 1.165) is 0 Å². The van der Waals surface area contributed by atoms with E-state index in [2.05, 4.69) is 10.3 Å². The number of hydrogen-bond acceptors (Lipinski definition) is 4. The SMILES string of the molecule is CCOC(=O)c1c(C)[nH]c(C(=O)Nc2cccc(C(N)=O)c2C)c1C. The molecule has 0 aliphatic rings. The van der Waals surface area contributed by atoms with Crippen LogP contribution in [0.5, 0.6) is 0 Å². The quantitative estimate of drug-likeness (QED) is 0.723. The van der Waals surface area contributed by atoms with Gasteiger partial charge in [-0.3, -0.25) is 9.59 Å². The zero-order valence-corrected chi connectivity index (χ0v) is 14.6. The number of rotatable bonds is 5. The van der Waals surface area contributed by atoms with Gasteiger partial charge in [0.2, 0.25) is 5.91 Å². The van der Waals surface area contributed by atoms with Gasteiger partial charge in [0.15, 0.2) is 0 Å². The van der Waals surface area contributed by atoms with Gasteiger partial charge in [0.25, 0.3) is 5.91 Å². The lowest BCUT2D eigenvalue weighted by atomic mass is 10.1. The van der Waals surface area contributed by atoms with Gasteiger partial charge < -0.3 is 20.8 Å². The van der Waals surface area contributed by atoms with Crippen molar-refractivity contribution in [2.24, 2.45) is 5.73 Å². The first-order valence-corrected chi connectivity index (χ1v) is 7.84. The van der Waals surface area contributed by atoms with E-state index in [1.54, 1.807) is 45.9 Å². The van der Waals surface area contributed by atoms with Crippen LogP contribution in [0.3, 0.4) is 0 Å². The van der Waals surface area contributed by atoms with E-state index in [-0.39, 0.29) is 12.3 Å². The molecule has 0 saturated heterocycles. The lowest BCUT2D eigenvalue weighted by molar-refractivity contribution is 0.0525. The Kier molecular flexibility index (Phi) is 5.26. The highest BCUT2D eigenvalue weighted by molar-refractivity contribution is 6.08. The molecule has 0 fully saturated rings. The fourth-order valence-electron chi connectivity index (χ4n) is 2.71. The number of nitrogens with one attached hydrogen (secondary N) is 2. The van der Waals surface area contributed by atoms with E-state index in [1.807, 2.05) is 0 Å². The van der Waals surface area contributed by atoms with Crippen LogP contribution in [0.4, 0.5) is 5.69 Å². The summed E-state index contributed by atoms with van der Waals surface area (Å²) in [4.78, 5) is 39.0. The number of nitrogens with two attached hydrogens (primary N) is 1. The van der Waals surface area contributed by atoms with Crippen molar-refractivity contribution in [3.63, 3.8) is 0 Å². The molecular formula is C18H21N3O4. The molecule has 0 aliphatic heterocycles. The maximum Gasteiger partial charge on any atom is 0.340 e. The molecule has 0 spiro atoms. The van der Waals surface area contributed by atoms with Crippen molar-refractivity contribution in [2.75, 3.05) is 11.9 Å². The molecule has 2 amide bonds. The van der Waals surface area contributed by atoms with Crippen LogP contribution < -0.4 is 11.1 Å². The summed E-state index contributed by atoms with van der Waals surface area (Å²) in [5.74, 6) is -1.45. The average molecular weight is 343 g/mol. The lowest BCUT2D eigenvalue weighted by Crippen LogP contribution is -2.17. The van der Waals surface area contributed by atoms with Gasteiger partial charge in [0, 0.05) is 16.9 Å². The van der Waals surface area contributed by atoms with Gasteiger partial charge in [-0.05, 0) is 51.0 Å². The molecular weight excluding hydrogens is 322 g/mol. The minimum atomic E-state index is -0.565. The van der Waals surface area contributed by atoms with Gasteiger partial charge in [-0.25, -0.2) is 4.79 Å². The normalized spacial score (nSPS) is 10.4. The molecule has 132 valence electrons. The molecule has 4 N–H and O–H groups in total. The predicted molar refractivity (Wildman–Crippen MR) is 93.9 cm³/mol. The maximum absolute atomic E-state index is 12.6. The van der Waals surface area contributed by atoms with E-state index < -0.39 is 17.8 Å². The number of H-pyrrole nitrogens is 1. The van der Waals surface area contributed by atoms with E-state index in [0.29, 0.717) is 33.6 Å². The minimum absolute atomic E-state index is 0.253. The molecule has 0 aliphatic carbocycles. The van der Waals surface area contributed by atoms with Gasteiger partial charge >= 0.3 is 5.97 Å². The van der Waals surface area contributed by atoms with Crippen molar-refractivity contribution in [2.45, 2.75) is 27.7 Å². The number of primary amides is 1. The molecule has 7 heteroatoms. The van der Waals surface area contributed by atoms with Crippen LogP contribution in [0, 0.1) is 20.8 Å². The molecule has 1 heterocycles. The Morgan fingerprint density at radius 1 is 1.16 bits per heavy atom. The molecule has 0 unspecified atom stereocenters. The summed E-state index contributed by atoms with van der Waals surface area (Å²) in [7, 11) is 0. The molecule has 0 saturated carbocycles. The largest absolute Gasteiger partial charge is 0.462 e. The highest BCUT2D eigenvalue weighted by atomic mass is 16.5. The van der Waals surface area contributed by atoms with E-state index in [9.17, 15) is 14.4 Å². The van der Waals surface area contributed by atoms with Gasteiger partial charge in [0.1, 0.15) is 5.69 Å². The highest BCUT2D eigenvalue weighted by Gasteiger charge is 2.23. The zero-order chi connectivity index (χ0) is 18.7. The number of carbonyl (C=O) groups excluding carboxylic acids is 3. The van der Waals surface area contributed by atoms with Gasteiger partial charge in [-0.1, -0.05) is 6.07 Å². The maximum atomic E-state index is 12.6. The Morgan fingerprint density at radius 2 is 1.84 bits per heavy atom. The smallest absolute Gasteiger partial charge is 0.340 e. The third-order valence-electron chi connectivity index (χ3n) is 3.99. The fourth-order valence-corrected chi connectivity index (χ4v) is 2.71. The predicted octanol–water partition coefficient (Wildman–Crippen LogP) is 2.47. The number of amides is 2. The Labute approximate surface area is 145 Å². The molecule has 25 heavy (non-hydrogen) atoms. The summed E-state index contributed by atoms with van der Waals surface area (Å²) in [6.07, 6.45) is 0. The van der Waals surface area contributed by atoms with Crippen LogP contribution in [-0.2, 0) is 4.74 Å². The Hall–Kier alpha value is -3.09. The Morgan fingerprint density at radius 3 is 2.44 bits per heavy atom. The first-order valence-electron chi connectivity index (χ1n) is 7.84. The van der Waals surface area contributed by atoms with Crippen LogP contribution >= 0.6 is 0 Å². The van der Waals surface area contributed by atoms with Crippen LogP contribution in [-0.4, -0.2) is 29.4 Å². The van der Waals surface area contributed by atoms with Crippen molar-refractivity contribution in [3.05, 3.63) is 51.8 Å². The Bertz CT molecular complexity index is 852. The lowest BCUT2D eigenvalue weighted by Gasteiger charge is -2.10. The molecule has 7 nitrogen and oxygen atoms in total. The van der Waals surface area contributed by atoms with Crippen molar-refractivity contribution in [1.82, 2.24) is 4.98 Å². The number of esters is 1. The number of hydrogen-bond donors (Lipinski definition) is 3. The van der Waals surface area contributed by atoms with Crippen molar-refractivity contribution < 1.29 is 19.1 Å². The summed E-state index contributed by atoms with van der Waals surface area (Å²) in [5, 5.41) is 2.74. The zero-order valence-electron chi connectivity index (χ0n) is 14.6. The number of benzene rings is 1. The number of aromatic amines is 1. The van der Waals surface area contributed by atoms with Crippen LogP contribution in [0.2, 0.25) is 0 Å². The first-order chi connectivity index (χ1) is 11.8. The second kappa shape index (κ2) is 7.21. The van der Waals surface area contributed by atoms with Crippen molar-refractivity contribution in [3.8, 4) is 0 Å². The molecule has 2 aromatic rings. The minimum Gasteiger partial charge on any atom is -0.462 e. The topological polar surface area (TPSA) is 114 Å². The van der Waals surface area contributed by atoms with E-state index >= 15 is 0 Å². The van der Waals surface area contributed by atoms with E-state index in [4.69, 9.17) is 10.5 Å². The second-order valence-corrected chi connectivity index (χ2v) is 5.64. The monoisotopic (exact) mass is 343 g/mol. The highest BCUT2D eigenvalue weighted by Crippen LogP contribution is 2.23. The molecule has 0 radical (unpaired) electrons. The number of aromatic nitrogens is 1. The molecule has 1 aromatic heterocycles. The number of ether oxygens (including phenoxy) is 1. The molecule has 2 rings (SSSR count). The third-order valence-corrected chi connectivity index (χ3v) is 3.99. The van der Waals surface area contributed by atoms with Gasteiger partial charge in [0.05, 0.1) is 12.2 Å². The number of carbonyl (C=O) groups is 3. The summed E-state index contributed by atoms with van der Waals surface area (Å²) in [6, 6.07) is 4.91. The van der Waals surface area contributed by atoms with Gasteiger partial charge in [-0.15, -0.1) is 0 Å². The fraction of sp³-hybridized carbons (Fsp3) is 0.278. The average Bonchev–Trinajstić information content (AvgIpc) is 2.84. The summed E-state index contributed by atoms with van der Waals surface area (Å²) in [5.41, 5.74) is 8.41. The standard InChI is InChI=1S/C18H21N3O4/c1-5-25-18(24)14-10(3)15(20-11(14)4)17(23)21-13-8-6-7-12(9(13)2)16(19)22/h6-8,20H,5H2,1-4H3,(H2,19,22)(H,21,23). The van der Waals surface area contributed by atoms with E-state index in [1.165, 1.54) is 0 Å². The first kappa shape index (κ1) is 18.3. The van der Waals surface area contributed by atoms with Crippen molar-refractivity contribution in [1.29, 1.82) is 0 Å². The van der Waals surface area contributed by atoms with Crippen LogP contribution in [0.1, 0.15) is 54.9 Å². The van der Waals surface area contributed by atoms with Crippen LogP contribution in [0.15, 0.2) is 18.2 Å². The third kappa shape index (κ3) is 3.55. The molecule has 0 bridgehead atoms. The van der Waals surface area contributed by atoms with Gasteiger partial charge in [-0.2, -0.15) is 0 Å². The number of aryl methyl sites for hydroxylation is 1. The summed E-state index contributed by atoms with van der Waals surface area (Å²) >= 11 is 0.